The van der Waals surface area contributed by atoms with Crippen LogP contribution in [0.5, 0.6) is 0 Å². The second kappa shape index (κ2) is 10.0. The second-order valence-electron chi connectivity index (χ2n) is 11.9. The van der Waals surface area contributed by atoms with Gasteiger partial charge in [-0.3, -0.25) is 4.57 Å². The lowest BCUT2D eigenvalue weighted by molar-refractivity contribution is -0.193. The monoisotopic (exact) mass is 551 g/mol. The highest BCUT2D eigenvalue weighted by molar-refractivity contribution is 7.99. The predicted molar refractivity (Wildman–Crippen MR) is 153 cm³/mol. The van der Waals surface area contributed by atoms with Gasteiger partial charge in [-0.05, 0) is 55.6 Å². The van der Waals surface area contributed by atoms with Gasteiger partial charge in [0.05, 0.1) is 23.5 Å². The zero-order valence-corrected chi connectivity index (χ0v) is 24.0. The first-order valence-corrected chi connectivity index (χ1v) is 14.8. The van der Waals surface area contributed by atoms with E-state index in [2.05, 4.69) is 58.9 Å². The maximum atomic E-state index is 6.49. The van der Waals surface area contributed by atoms with Crippen molar-refractivity contribution in [2.24, 2.45) is 0 Å². The SMILES string of the molecule is CC1(C)OC2C(CSCCCCc3nc4ccc(C(C)(C)C)cc4[nH]3)OC(n3cnc4c(N)ncnc43)C2O1. The molecule has 0 amide bonds. The molecule has 208 valence electrons. The predicted octanol–water partition coefficient (Wildman–Crippen LogP) is 4.76. The van der Waals surface area contributed by atoms with Crippen LogP contribution in [0.2, 0.25) is 0 Å². The van der Waals surface area contributed by atoms with Gasteiger partial charge in [0.15, 0.2) is 23.5 Å². The molecule has 2 saturated heterocycles. The minimum atomic E-state index is -0.676. The molecule has 0 radical (unpaired) electrons. The zero-order chi connectivity index (χ0) is 27.4. The zero-order valence-electron chi connectivity index (χ0n) is 23.2. The van der Waals surface area contributed by atoms with Gasteiger partial charge in [-0.15, -0.1) is 0 Å². The summed E-state index contributed by atoms with van der Waals surface area (Å²) in [7, 11) is 0. The summed E-state index contributed by atoms with van der Waals surface area (Å²) in [4.78, 5) is 21.2. The summed E-state index contributed by atoms with van der Waals surface area (Å²) in [5.74, 6) is 2.59. The standard InChI is InChI=1S/C28H37N7O3S/c1-27(2,3)16-9-10-17-18(12-16)34-20(33-17)8-6-7-11-39-13-19-22-23(38-28(4,5)37-22)26(36-19)35-15-32-21-24(29)30-14-31-25(21)35/h9-10,12,14-15,19,22-23,26H,6-8,11,13H2,1-5H3,(H,33,34)(H2,29,30,31). The van der Waals surface area contributed by atoms with E-state index >= 15 is 0 Å². The average molecular weight is 552 g/mol. The number of aromatic nitrogens is 6. The summed E-state index contributed by atoms with van der Waals surface area (Å²) >= 11 is 1.89. The highest BCUT2D eigenvalue weighted by Gasteiger charge is 2.56. The Morgan fingerprint density at radius 1 is 1.10 bits per heavy atom. The summed E-state index contributed by atoms with van der Waals surface area (Å²) < 4.78 is 20.9. The first kappa shape index (κ1) is 26.5. The number of anilines is 1. The number of nitrogens with two attached hydrogens (primary N) is 1. The van der Waals surface area contributed by atoms with E-state index in [-0.39, 0.29) is 23.7 Å². The topological polar surface area (TPSA) is 126 Å². The Labute approximate surface area is 232 Å². The molecule has 10 nitrogen and oxygen atoms in total. The molecule has 11 heteroatoms. The Balaban J connectivity index is 1.03. The van der Waals surface area contributed by atoms with Crippen molar-refractivity contribution in [3.63, 3.8) is 0 Å². The minimum absolute atomic E-state index is 0.101. The van der Waals surface area contributed by atoms with Gasteiger partial charge in [0.1, 0.15) is 29.9 Å². The van der Waals surface area contributed by atoms with E-state index in [1.807, 2.05) is 30.2 Å². The molecule has 4 aromatic rings. The van der Waals surface area contributed by atoms with Crippen molar-refractivity contribution in [1.82, 2.24) is 29.5 Å². The quantitative estimate of drug-likeness (QED) is 0.298. The number of ether oxygens (including phenoxy) is 3. The van der Waals surface area contributed by atoms with Crippen molar-refractivity contribution >= 4 is 39.8 Å². The number of H-pyrrole nitrogens is 1. The van der Waals surface area contributed by atoms with E-state index in [0.717, 1.165) is 47.6 Å². The summed E-state index contributed by atoms with van der Waals surface area (Å²) in [5.41, 5.74) is 10.8. The molecule has 6 rings (SSSR count). The van der Waals surface area contributed by atoms with Crippen molar-refractivity contribution in [3.05, 3.63) is 42.2 Å². The van der Waals surface area contributed by atoms with Crippen LogP contribution in [0.1, 0.15) is 65.1 Å². The summed E-state index contributed by atoms with van der Waals surface area (Å²) in [6, 6.07) is 6.54. The third-order valence-corrected chi connectivity index (χ3v) is 8.56. The van der Waals surface area contributed by atoms with Crippen molar-refractivity contribution in [2.45, 2.75) is 89.6 Å². The van der Waals surface area contributed by atoms with E-state index in [9.17, 15) is 0 Å². The minimum Gasteiger partial charge on any atom is -0.382 e. The number of rotatable bonds is 8. The molecular formula is C28H37N7O3S. The molecule has 4 atom stereocenters. The van der Waals surface area contributed by atoms with Gasteiger partial charge in [0.2, 0.25) is 0 Å². The fraction of sp³-hybridized carbons (Fsp3) is 0.571. The van der Waals surface area contributed by atoms with Crippen LogP contribution >= 0.6 is 11.8 Å². The van der Waals surface area contributed by atoms with Gasteiger partial charge in [-0.1, -0.05) is 26.8 Å². The maximum Gasteiger partial charge on any atom is 0.167 e. The molecule has 5 heterocycles. The van der Waals surface area contributed by atoms with Crippen molar-refractivity contribution in [3.8, 4) is 0 Å². The van der Waals surface area contributed by atoms with Gasteiger partial charge in [-0.2, -0.15) is 11.8 Å². The van der Waals surface area contributed by atoms with Crippen LogP contribution in [0.3, 0.4) is 0 Å². The fourth-order valence-corrected chi connectivity index (χ4v) is 6.49. The summed E-state index contributed by atoms with van der Waals surface area (Å²) in [6.07, 6.45) is 5.34. The van der Waals surface area contributed by atoms with E-state index in [4.69, 9.17) is 24.9 Å². The van der Waals surface area contributed by atoms with Crippen LogP contribution in [0.25, 0.3) is 22.2 Å². The van der Waals surface area contributed by atoms with Gasteiger partial charge >= 0.3 is 0 Å². The Kier molecular flexibility index (Phi) is 6.81. The number of hydrogen-bond donors (Lipinski definition) is 2. The molecular weight excluding hydrogens is 514 g/mol. The van der Waals surface area contributed by atoms with Crippen LogP contribution in [-0.4, -0.2) is 65.1 Å². The number of nitrogen functional groups attached to an aromatic ring is 1. The molecule has 2 aliphatic rings. The molecule has 2 fully saturated rings. The van der Waals surface area contributed by atoms with E-state index in [0.29, 0.717) is 17.0 Å². The van der Waals surface area contributed by atoms with Crippen LogP contribution in [0.4, 0.5) is 5.82 Å². The molecule has 0 spiro atoms. The molecule has 0 bridgehead atoms. The molecule has 4 unspecified atom stereocenters. The highest BCUT2D eigenvalue weighted by Crippen LogP contribution is 2.44. The first-order valence-electron chi connectivity index (χ1n) is 13.6. The highest BCUT2D eigenvalue weighted by atomic mass is 32.2. The van der Waals surface area contributed by atoms with E-state index < -0.39 is 12.0 Å². The Morgan fingerprint density at radius 3 is 2.74 bits per heavy atom. The Hall–Kier alpha value is -2.73. The fourth-order valence-electron chi connectivity index (χ4n) is 5.42. The van der Waals surface area contributed by atoms with Gasteiger partial charge < -0.3 is 24.9 Å². The molecule has 1 aromatic carbocycles. The lowest BCUT2D eigenvalue weighted by Gasteiger charge is -2.24. The molecule has 39 heavy (non-hydrogen) atoms. The van der Waals surface area contributed by atoms with Crippen LogP contribution < -0.4 is 5.73 Å². The number of unbranched alkanes of at least 4 members (excludes halogenated alkanes) is 1. The Morgan fingerprint density at radius 2 is 1.92 bits per heavy atom. The lowest BCUT2D eigenvalue weighted by atomic mass is 9.87. The third kappa shape index (κ3) is 5.25. The normalized spacial score (nSPS) is 24.6. The van der Waals surface area contributed by atoms with Gasteiger partial charge in [0.25, 0.3) is 0 Å². The number of aromatic amines is 1. The molecule has 3 aromatic heterocycles. The summed E-state index contributed by atoms with van der Waals surface area (Å²) in [5, 5.41) is 0. The largest absolute Gasteiger partial charge is 0.382 e. The maximum absolute atomic E-state index is 6.49. The van der Waals surface area contributed by atoms with Gasteiger partial charge in [-0.25, -0.2) is 19.9 Å². The molecule has 0 aliphatic carbocycles. The average Bonchev–Trinajstić information content (AvgIpc) is 3.62. The lowest BCUT2D eigenvalue weighted by Crippen LogP contribution is -2.31. The number of benzene rings is 1. The number of aryl methyl sites for hydroxylation is 1. The molecule has 0 saturated carbocycles. The number of hydrogen-bond acceptors (Lipinski definition) is 9. The van der Waals surface area contributed by atoms with Crippen molar-refractivity contribution < 1.29 is 14.2 Å². The second-order valence-corrected chi connectivity index (χ2v) is 13.1. The number of imidazole rings is 2. The van der Waals surface area contributed by atoms with Crippen molar-refractivity contribution in [2.75, 3.05) is 17.2 Å². The smallest absolute Gasteiger partial charge is 0.167 e. The van der Waals surface area contributed by atoms with Crippen LogP contribution in [0, 0.1) is 0 Å². The Bertz CT molecular complexity index is 1480. The summed E-state index contributed by atoms with van der Waals surface area (Å²) in [6.45, 7) is 10.6. The van der Waals surface area contributed by atoms with E-state index in [1.165, 1.54) is 11.9 Å². The number of fused-ring (bicyclic) bond motifs is 3. The van der Waals surface area contributed by atoms with Crippen molar-refractivity contribution in [1.29, 1.82) is 0 Å². The molecule has 2 aliphatic heterocycles. The number of nitrogens with one attached hydrogen (secondary N) is 1. The molecule has 3 N–H and O–H groups in total. The van der Waals surface area contributed by atoms with Crippen LogP contribution in [0.15, 0.2) is 30.9 Å². The number of thioether (sulfide) groups is 1. The number of nitrogens with zero attached hydrogens (tertiary/aromatic N) is 5. The first-order chi connectivity index (χ1) is 18.6. The van der Waals surface area contributed by atoms with E-state index in [1.54, 1.807) is 6.33 Å². The van der Waals surface area contributed by atoms with Crippen LogP contribution in [-0.2, 0) is 26.0 Å². The van der Waals surface area contributed by atoms with Gasteiger partial charge in [0, 0.05) is 12.2 Å². The third-order valence-electron chi connectivity index (χ3n) is 7.42.